The second-order valence-electron chi connectivity index (χ2n) is 7.59. The van der Waals surface area contributed by atoms with Crippen molar-refractivity contribution in [3.05, 3.63) is 29.0 Å². The van der Waals surface area contributed by atoms with Gasteiger partial charge in [-0.05, 0) is 57.4 Å². The monoisotopic (exact) mass is 393 g/mol. The summed E-state index contributed by atoms with van der Waals surface area (Å²) in [5, 5.41) is 11.2. The molecule has 7 heteroatoms. The maximum atomic E-state index is 11.2. The van der Waals surface area contributed by atoms with E-state index in [1.807, 2.05) is 24.4 Å². The number of oxazole rings is 1. The van der Waals surface area contributed by atoms with E-state index in [0.29, 0.717) is 25.0 Å². The number of aryl methyl sites for hydroxylation is 1. The van der Waals surface area contributed by atoms with Gasteiger partial charge in [0.25, 0.3) is 0 Å². The van der Waals surface area contributed by atoms with E-state index in [4.69, 9.17) is 19.0 Å². The lowest BCUT2D eigenvalue weighted by atomic mass is 9.87. The summed E-state index contributed by atoms with van der Waals surface area (Å²) in [4.78, 5) is 16.8. The molecule has 6 nitrogen and oxygen atoms in total. The van der Waals surface area contributed by atoms with Crippen LogP contribution in [-0.2, 0) is 20.9 Å². The lowest BCUT2D eigenvalue weighted by Gasteiger charge is -2.31. The molecule has 148 valence electrons. The van der Waals surface area contributed by atoms with Gasteiger partial charge in [0.05, 0.1) is 24.2 Å². The molecule has 0 radical (unpaired) electrons. The topological polar surface area (TPSA) is 81.8 Å². The minimum Gasteiger partial charge on any atom is -0.479 e. The van der Waals surface area contributed by atoms with Gasteiger partial charge in [0, 0.05) is 0 Å². The third-order valence-electron chi connectivity index (χ3n) is 5.01. The van der Waals surface area contributed by atoms with Gasteiger partial charge in [0.2, 0.25) is 5.89 Å². The van der Waals surface area contributed by atoms with Crippen molar-refractivity contribution in [3.8, 4) is 10.8 Å². The van der Waals surface area contributed by atoms with E-state index in [2.05, 4.69) is 4.98 Å². The fourth-order valence-corrected chi connectivity index (χ4v) is 3.85. The smallest absolute Gasteiger partial charge is 0.335 e. The number of ether oxygens (including phenoxy) is 2. The van der Waals surface area contributed by atoms with Gasteiger partial charge in [0.15, 0.2) is 5.60 Å². The molecule has 0 spiro atoms. The fraction of sp³-hybridized carbons (Fsp3) is 0.600. The molecule has 0 aromatic carbocycles. The predicted molar refractivity (Wildman–Crippen MR) is 103 cm³/mol. The Morgan fingerprint density at radius 3 is 2.96 bits per heavy atom. The summed E-state index contributed by atoms with van der Waals surface area (Å²) < 4.78 is 17.5. The number of rotatable bonds is 8. The SMILES string of the molecule is Cc1oc(-c2cccs2)nc1COC1CCCC(COC(C)(C)C(=O)O)C1. The minimum atomic E-state index is -1.15. The Morgan fingerprint density at radius 2 is 2.26 bits per heavy atom. The highest BCUT2D eigenvalue weighted by molar-refractivity contribution is 7.13. The minimum absolute atomic E-state index is 0.140. The number of hydrogen-bond acceptors (Lipinski definition) is 6. The zero-order chi connectivity index (χ0) is 19.4. The number of carboxylic acid groups (broad SMARTS) is 1. The van der Waals surface area contributed by atoms with E-state index in [-0.39, 0.29) is 6.10 Å². The van der Waals surface area contributed by atoms with Crippen LogP contribution in [0.1, 0.15) is 51.0 Å². The largest absolute Gasteiger partial charge is 0.479 e. The van der Waals surface area contributed by atoms with E-state index in [1.165, 1.54) is 0 Å². The van der Waals surface area contributed by atoms with Crippen molar-refractivity contribution in [2.24, 2.45) is 5.92 Å². The summed E-state index contributed by atoms with van der Waals surface area (Å²) in [6.45, 7) is 5.97. The van der Waals surface area contributed by atoms with Crippen LogP contribution >= 0.6 is 11.3 Å². The third-order valence-corrected chi connectivity index (χ3v) is 5.87. The summed E-state index contributed by atoms with van der Waals surface area (Å²) >= 11 is 1.60. The summed E-state index contributed by atoms with van der Waals surface area (Å²) in [6.07, 6.45) is 4.13. The molecule has 2 atom stereocenters. The second-order valence-corrected chi connectivity index (χ2v) is 8.54. The van der Waals surface area contributed by atoms with Gasteiger partial charge in [-0.2, -0.15) is 0 Å². The Balaban J connectivity index is 1.50. The maximum absolute atomic E-state index is 11.2. The van der Waals surface area contributed by atoms with E-state index in [1.54, 1.807) is 25.2 Å². The number of thiophene rings is 1. The number of aliphatic carboxylic acids is 1. The normalized spacial score (nSPS) is 20.7. The molecular formula is C20H27NO5S. The Hall–Kier alpha value is -1.70. The average Bonchev–Trinajstić information content (AvgIpc) is 3.28. The van der Waals surface area contributed by atoms with Crippen LogP contribution in [0.25, 0.3) is 10.8 Å². The van der Waals surface area contributed by atoms with Gasteiger partial charge in [-0.15, -0.1) is 11.3 Å². The standard InChI is InChI=1S/C20H27NO5S/c1-13-16(21-18(26-13)17-8-5-9-27-17)12-24-15-7-4-6-14(10-15)11-25-20(2,3)19(22)23/h5,8-9,14-15H,4,6-7,10-12H2,1-3H3,(H,22,23). The van der Waals surface area contributed by atoms with Crippen molar-refractivity contribution < 1.29 is 23.8 Å². The molecule has 1 aliphatic carbocycles. The van der Waals surface area contributed by atoms with Crippen LogP contribution in [-0.4, -0.2) is 34.4 Å². The molecule has 0 aliphatic heterocycles. The van der Waals surface area contributed by atoms with Crippen LogP contribution in [0.15, 0.2) is 21.9 Å². The van der Waals surface area contributed by atoms with Crippen LogP contribution < -0.4 is 0 Å². The molecule has 1 N–H and O–H groups in total. The van der Waals surface area contributed by atoms with Crippen LogP contribution in [0.4, 0.5) is 0 Å². The number of carbonyl (C=O) groups is 1. The van der Waals surface area contributed by atoms with Gasteiger partial charge in [0.1, 0.15) is 11.5 Å². The van der Waals surface area contributed by atoms with Crippen molar-refractivity contribution in [2.75, 3.05) is 6.61 Å². The lowest BCUT2D eigenvalue weighted by Crippen LogP contribution is -2.37. The highest BCUT2D eigenvalue weighted by Gasteiger charge is 2.31. The highest BCUT2D eigenvalue weighted by Crippen LogP contribution is 2.30. The van der Waals surface area contributed by atoms with Crippen molar-refractivity contribution in [1.82, 2.24) is 4.98 Å². The van der Waals surface area contributed by atoms with Crippen molar-refractivity contribution >= 4 is 17.3 Å². The van der Waals surface area contributed by atoms with Gasteiger partial charge in [-0.25, -0.2) is 9.78 Å². The van der Waals surface area contributed by atoms with Gasteiger partial charge in [-0.1, -0.05) is 12.5 Å². The fourth-order valence-electron chi connectivity index (χ4n) is 3.20. The number of carboxylic acids is 1. The molecule has 2 heterocycles. The van der Waals surface area contributed by atoms with E-state index in [0.717, 1.165) is 42.0 Å². The molecule has 1 saturated carbocycles. The molecule has 0 amide bonds. The van der Waals surface area contributed by atoms with Crippen LogP contribution in [0.5, 0.6) is 0 Å². The van der Waals surface area contributed by atoms with Gasteiger partial charge >= 0.3 is 5.97 Å². The summed E-state index contributed by atoms with van der Waals surface area (Å²) in [7, 11) is 0. The summed E-state index contributed by atoms with van der Waals surface area (Å²) in [5.41, 5.74) is -0.312. The first-order valence-electron chi connectivity index (χ1n) is 9.34. The maximum Gasteiger partial charge on any atom is 0.335 e. The Labute approximate surface area is 163 Å². The lowest BCUT2D eigenvalue weighted by molar-refractivity contribution is -0.163. The van der Waals surface area contributed by atoms with E-state index < -0.39 is 11.6 Å². The first-order chi connectivity index (χ1) is 12.8. The molecule has 2 unspecified atom stereocenters. The summed E-state index contributed by atoms with van der Waals surface area (Å²) in [5.74, 6) is 0.820. The zero-order valence-electron chi connectivity index (χ0n) is 16.1. The first-order valence-corrected chi connectivity index (χ1v) is 10.2. The van der Waals surface area contributed by atoms with Crippen molar-refractivity contribution in [2.45, 2.75) is 64.8 Å². The molecule has 0 bridgehead atoms. The molecule has 2 aromatic heterocycles. The molecule has 2 aromatic rings. The highest BCUT2D eigenvalue weighted by atomic mass is 32.1. The number of hydrogen-bond donors (Lipinski definition) is 1. The number of aromatic nitrogens is 1. The third kappa shape index (κ3) is 5.18. The molecule has 1 aliphatic rings. The quantitative estimate of drug-likeness (QED) is 0.702. The van der Waals surface area contributed by atoms with Crippen LogP contribution in [0.2, 0.25) is 0 Å². The van der Waals surface area contributed by atoms with Crippen LogP contribution in [0, 0.1) is 12.8 Å². The summed E-state index contributed by atoms with van der Waals surface area (Å²) in [6, 6.07) is 3.97. The van der Waals surface area contributed by atoms with Crippen LogP contribution in [0.3, 0.4) is 0 Å². The van der Waals surface area contributed by atoms with E-state index in [9.17, 15) is 4.79 Å². The van der Waals surface area contributed by atoms with Crippen molar-refractivity contribution in [3.63, 3.8) is 0 Å². The second kappa shape index (κ2) is 8.54. The molecule has 27 heavy (non-hydrogen) atoms. The van der Waals surface area contributed by atoms with Gasteiger partial charge in [-0.3, -0.25) is 0 Å². The molecule has 0 saturated heterocycles. The average molecular weight is 394 g/mol. The molecule has 1 fully saturated rings. The van der Waals surface area contributed by atoms with Gasteiger partial charge < -0.3 is 19.0 Å². The molecule has 3 rings (SSSR count). The van der Waals surface area contributed by atoms with Crippen molar-refractivity contribution in [1.29, 1.82) is 0 Å². The molecular weight excluding hydrogens is 366 g/mol. The van der Waals surface area contributed by atoms with E-state index >= 15 is 0 Å². The first kappa shape index (κ1) is 20.0. The Bertz CT molecular complexity index is 753. The Kier molecular flexibility index (Phi) is 6.34. The predicted octanol–water partition coefficient (Wildman–Crippen LogP) is 4.67. The zero-order valence-corrected chi connectivity index (χ0v) is 16.9. The number of nitrogens with zero attached hydrogens (tertiary/aromatic N) is 1. The Morgan fingerprint density at radius 1 is 1.44 bits per heavy atom.